The van der Waals surface area contributed by atoms with Gasteiger partial charge in [0.25, 0.3) is 0 Å². The first-order valence-electron chi connectivity index (χ1n) is 7.00. The minimum atomic E-state index is 0.359. The molecule has 1 atom stereocenters. The fourth-order valence-corrected chi connectivity index (χ4v) is 2.55. The molecule has 1 aliphatic rings. The van der Waals surface area contributed by atoms with Crippen LogP contribution in [0.5, 0.6) is 5.75 Å². The number of ether oxygens (including phenoxy) is 1. The Morgan fingerprint density at radius 1 is 1.28 bits per heavy atom. The molecule has 0 amide bonds. The Kier molecular flexibility index (Phi) is 5.02. The fraction of sp³-hybridized carbons (Fsp3) is 0.600. The molecular weight excluding hydrogens is 224 g/mol. The van der Waals surface area contributed by atoms with Crippen molar-refractivity contribution in [2.75, 3.05) is 26.2 Å². The molecule has 0 aliphatic carbocycles. The molecule has 0 aromatic heterocycles. The van der Waals surface area contributed by atoms with Gasteiger partial charge in [-0.25, -0.2) is 0 Å². The molecule has 100 valence electrons. The van der Waals surface area contributed by atoms with E-state index in [4.69, 9.17) is 10.5 Å². The highest BCUT2D eigenvalue weighted by molar-refractivity contribution is 5.33. The van der Waals surface area contributed by atoms with Crippen LogP contribution < -0.4 is 10.5 Å². The van der Waals surface area contributed by atoms with Gasteiger partial charge in [0.2, 0.25) is 0 Å². The zero-order valence-corrected chi connectivity index (χ0v) is 11.3. The van der Waals surface area contributed by atoms with Gasteiger partial charge in [0.05, 0.1) is 6.04 Å². The first-order chi connectivity index (χ1) is 8.85. The number of benzene rings is 1. The summed E-state index contributed by atoms with van der Waals surface area (Å²) in [6, 6.07) is 8.63. The van der Waals surface area contributed by atoms with Crippen LogP contribution in [0.25, 0.3) is 0 Å². The van der Waals surface area contributed by atoms with Crippen LogP contribution in [0, 0.1) is 0 Å². The van der Waals surface area contributed by atoms with Crippen molar-refractivity contribution >= 4 is 0 Å². The minimum absolute atomic E-state index is 0.359. The zero-order valence-electron chi connectivity index (χ0n) is 11.3. The lowest BCUT2D eigenvalue weighted by molar-refractivity contribution is 0.164. The normalized spacial score (nSPS) is 17.9. The molecular formula is C15H24N2O. The maximum absolute atomic E-state index is 5.97. The van der Waals surface area contributed by atoms with Gasteiger partial charge in [0, 0.05) is 6.54 Å². The van der Waals surface area contributed by atoms with Crippen molar-refractivity contribution in [3.05, 3.63) is 29.8 Å². The minimum Gasteiger partial charge on any atom is -0.492 e. The van der Waals surface area contributed by atoms with Crippen LogP contribution in [-0.4, -0.2) is 37.2 Å². The van der Waals surface area contributed by atoms with Crippen LogP contribution in [0.3, 0.4) is 0 Å². The molecule has 0 bridgehead atoms. The second kappa shape index (κ2) is 6.76. The van der Waals surface area contributed by atoms with Crippen LogP contribution >= 0.6 is 0 Å². The number of nitrogens with two attached hydrogens (primary N) is 1. The summed E-state index contributed by atoms with van der Waals surface area (Å²) >= 11 is 0. The standard InChI is InChI=1S/C15H24N2O/c1-2-13-7-3-4-8-15(13)18-12-14(11-16)17-9-5-6-10-17/h3-4,7-8,14H,2,5-6,9-12,16H2,1H3. The number of likely N-dealkylation sites (tertiary alicyclic amines) is 1. The molecule has 0 radical (unpaired) electrons. The van der Waals surface area contributed by atoms with Crippen LogP contribution in [0.1, 0.15) is 25.3 Å². The summed E-state index contributed by atoms with van der Waals surface area (Å²) in [5.41, 5.74) is 7.14. The number of aryl methyl sites for hydroxylation is 1. The summed E-state index contributed by atoms with van der Waals surface area (Å²) in [4.78, 5) is 2.45. The zero-order chi connectivity index (χ0) is 12.8. The number of para-hydroxylation sites is 1. The average molecular weight is 248 g/mol. The Labute approximate surface area is 110 Å². The van der Waals surface area contributed by atoms with Crippen molar-refractivity contribution in [2.24, 2.45) is 5.73 Å². The first kappa shape index (κ1) is 13.4. The van der Waals surface area contributed by atoms with E-state index in [-0.39, 0.29) is 0 Å². The van der Waals surface area contributed by atoms with Crippen molar-refractivity contribution in [3.63, 3.8) is 0 Å². The molecule has 2 N–H and O–H groups in total. The van der Waals surface area contributed by atoms with E-state index < -0.39 is 0 Å². The van der Waals surface area contributed by atoms with Crippen LogP contribution in [0.15, 0.2) is 24.3 Å². The lowest BCUT2D eigenvalue weighted by Crippen LogP contribution is -2.42. The second-order valence-corrected chi connectivity index (χ2v) is 4.90. The second-order valence-electron chi connectivity index (χ2n) is 4.90. The van der Waals surface area contributed by atoms with Gasteiger partial charge < -0.3 is 10.5 Å². The highest BCUT2D eigenvalue weighted by atomic mass is 16.5. The molecule has 1 aromatic rings. The van der Waals surface area contributed by atoms with E-state index in [9.17, 15) is 0 Å². The summed E-state index contributed by atoms with van der Waals surface area (Å²) in [7, 11) is 0. The number of hydrogen-bond donors (Lipinski definition) is 1. The maximum Gasteiger partial charge on any atom is 0.122 e. The molecule has 2 rings (SSSR count). The summed E-state index contributed by atoms with van der Waals surface area (Å²) in [5.74, 6) is 1.01. The van der Waals surface area contributed by atoms with Gasteiger partial charge in [-0.2, -0.15) is 0 Å². The Morgan fingerprint density at radius 2 is 2.00 bits per heavy atom. The van der Waals surface area contributed by atoms with Gasteiger partial charge >= 0.3 is 0 Å². The highest BCUT2D eigenvalue weighted by Gasteiger charge is 2.21. The first-order valence-corrected chi connectivity index (χ1v) is 7.00. The lowest BCUT2D eigenvalue weighted by Gasteiger charge is -2.26. The largest absolute Gasteiger partial charge is 0.492 e. The van der Waals surface area contributed by atoms with E-state index >= 15 is 0 Å². The number of rotatable bonds is 6. The van der Waals surface area contributed by atoms with E-state index in [1.807, 2.05) is 6.07 Å². The van der Waals surface area contributed by atoms with Crippen molar-refractivity contribution in [1.29, 1.82) is 0 Å². The number of nitrogens with zero attached hydrogens (tertiary/aromatic N) is 1. The van der Waals surface area contributed by atoms with E-state index in [1.54, 1.807) is 0 Å². The van der Waals surface area contributed by atoms with Crippen molar-refractivity contribution in [3.8, 4) is 5.75 Å². The molecule has 18 heavy (non-hydrogen) atoms. The summed E-state index contributed by atoms with van der Waals surface area (Å²) in [6.07, 6.45) is 3.59. The van der Waals surface area contributed by atoms with E-state index in [0.717, 1.165) is 12.2 Å². The van der Waals surface area contributed by atoms with Gasteiger partial charge in [-0.3, -0.25) is 4.90 Å². The van der Waals surface area contributed by atoms with Gasteiger partial charge in [0.15, 0.2) is 0 Å². The third-order valence-electron chi connectivity index (χ3n) is 3.71. The molecule has 1 aromatic carbocycles. The molecule has 1 saturated heterocycles. The predicted octanol–water partition coefficient (Wildman–Crippen LogP) is 2.05. The van der Waals surface area contributed by atoms with Crippen molar-refractivity contribution in [1.82, 2.24) is 4.90 Å². The van der Waals surface area contributed by atoms with E-state index in [2.05, 4.69) is 30.0 Å². The summed E-state index contributed by atoms with van der Waals surface area (Å²) in [6.45, 7) is 5.87. The highest BCUT2D eigenvalue weighted by Crippen LogP contribution is 2.19. The quantitative estimate of drug-likeness (QED) is 0.837. The maximum atomic E-state index is 5.97. The smallest absolute Gasteiger partial charge is 0.122 e. The topological polar surface area (TPSA) is 38.5 Å². The third-order valence-corrected chi connectivity index (χ3v) is 3.71. The molecule has 0 spiro atoms. The lowest BCUT2D eigenvalue weighted by atomic mass is 10.1. The van der Waals surface area contributed by atoms with Gasteiger partial charge in [0.1, 0.15) is 12.4 Å². The van der Waals surface area contributed by atoms with Crippen molar-refractivity contribution in [2.45, 2.75) is 32.2 Å². The Hall–Kier alpha value is -1.06. The van der Waals surface area contributed by atoms with Crippen LogP contribution in [0.4, 0.5) is 0 Å². The predicted molar refractivity (Wildman–Crippen MR) is 75.0 cm³/mol. The van der Waals surface area contributed by atoms with Crippen LogP contribution in [-0.2, 0) is 6.42 Å². The summed E-state index contributed by atoms with van der Waals surface area (Å²) < 4.78 is 5.97. The Bertz CT molecular complexity index is 361. The average Bonchev–Trinajstić information content (AvgIpc) is 2.94. The van der Waals surface area contributed by atoms with Crippen LogP contribution in [0.2, 0.25) is 0 Å². The monoisotopic (exact) mass is 248 g/mol. The van der Waals surface area contributed by atoms with Gasteiger partial charge in [-0.15, -0.1) is 0 Å². The van der Waals surface area contributed by atoms with Crippen molar-refractivity contribution < 1.29 is 4.74 Å². The molecule has 1 unspecified atom stereocenters. The molecule has 3 nitrogen and oxygen atoms in total. The molecule has 3 heteroatoms. The molecule has 1 heterocycles. The Morgan fingerprint density at radius 3 is 2.67 bits per heavy atom. The van der Waals surface area contributed by atoms with Gasteiger partial charge in [-0.1, -0.05) is 25.1 Å². The number of hydrogen-bond acceptors (Lipinski definition) is 3. The Balaban J connectivity index is 1.92. The fourth-order valence-electron chi connectivity index (χ4n) is 2.55. The van der Waals surface area contributed by atoms with E-state index in [1.165, 1.54) is 31.5 Å². The molecule has 1 fully saturated rings. The van der Waals surface area contributed by atoms with E-state index in [0.29, 0.717) is 19.2 Å². The molecule has 0 saturated carbocycles. The third kappa shape index (κ3) is 3.24. The summed E-state index contributed by atoms with van der Waals surface area (Å²) in [5, 5.41) is 0. The molecule has 1 aliphatic heterocycles. The van der Waals surface area contributed by atoms with Gasteiger partial charge in [-0.05, 0) is 44.0 Å². The SMILES string of the molecule is CCc1ccccc1OCC(CN)N1CCCC1.